The van der Waals surface area contributed by atoms with Crippen LogP contribution in [0.5, 0.6) is 0 Å². The third kappa shape index (κ3) is 35.3. The predicted octanol–water partition coefficient (Wildman–Crippen LogP) is -5.24. The van der Waals surface area contributed by atoms with Gasteiger partial charge < -0.3 is 27.0 Å². The molecule has 0 bridgehead atoms. The van der Waals surface area contributed by atoms with Crippen molar-refractivity contribution in [2.24, 2.45) is 0 Å². The molecule has 0 aromatic carbocycles. The number of thiol groups is 2. The van der Waals surface area contributed by atoms with E-state index in [0.29, 0.717) is 0 Å². The molecule has 7 heavy (non-hydrogen) atoms. The van der Waals surface area contributed by atoms with Gasteiger partial charge in [0.1, 0.15) is 0 Å². The topological polar surface area (TPSA) is 0 Å². The standard InChI is InChI=1S/2K.Mo.2H2S.2S/h;;;2*1H2;;/q2*+1;;;;;/p-2. The Balaban J connectivity index is -0.00000000333. The molecule has 0 saturated carbocycles. The first-order valence-electron chi connectivity index (χ1n) is 0.333. The molecule has 0 aliphatic heterocycles. The van der Waals surface area contributed by atoms with Crippen LogP contribution in [-0.4, -0.2) is 0 Å². The van der Waals surface area contributed by atoms with Crippen molar-refractivity contribution in [2.75, 3.05) is 0 Å². The second kappa shape index (κ2) is 30.4. The Bertz CT molecular complexity index is 30.7. The summed E-state index contributed by atoms with van der Waals surface area (Å²) in [4.78, 5) is 0. The average Bonchev–Trinajstić information content (AvgIpc) is 0.918. The van der Waals surface area contributed by atoms with Gasteiger partial charge in [-0.25, -0.2) is 0 Å². The molecule has 0 fully saturated rings. The van der Waals surface area contributed by atoms with Gasteiger partial charge in [-0.05, 0) is 0 Å². The fraction of sp³-hybridized carbons (Fsp3) is 0. The van der Waals surface area contributed by atoms with Crippen molar-refractivity contribution in [1.82, 2.24) is 0 Å². The van der Waals surface area contributed by atoms with Gasteiger partial charge in [0.2, 0.25) is 0 Å². The van der Waals surface area contributed by atoms with Crippen LogP contribution in [0.4, 0.5) is 0 Å². The molecule has 0 aliphatic rings. The van der Waals surface area contributed by atoms with Crippen molar-refractivity contribution in [3.63, 3.8) is 0 Å². The van der Waals surface area contributed by atoms with Gasteiger partial charge in [0, 0.05) is 0 Å². The third-order valence-corrected chi connectivity index (χ3v) is 0. The van der Waals surface area contributed by atoms with E-state index >= 15 is 0 Å². The fourth-order valence-electron chi connectivity index (χ4n) is 0. The minimum atomic E-state index is -0.363. The second-order valence-corrected chi connectivity index (χ2v) is 3.62. The third-order valence-electron chi connectivity index (χ3n) is 0. The second-order valence-electron chi connectivity index (χ2n) is 0.0680. The van der Waals surface area contributed by atoms with Gasteiger partial charge in [0.15, 0.2) is 0 Å². The van der Waals surface area contributed by atoms with E-state index in [9.17, 15) is 0 Å². The van der Waals surface area contributed by atoms with Crippen molar-refractivity contribution < 1.29 is 118 Å². The van der Waals surface area contributed by atoms with E-state index in [4.69, 9.17) is 0 Å². The fourth-order valence-corrected chi connectivity index (χ4v) is 0. The van der Waals surface area contributed by atoms with Crippen LogP contribution < -0.4 is 103 Å². The molecule has 0 amide bonds. The molecule has 0 saturated heterocycles. The van der Waals surface area contributed by atoms with E-state index in [2.05, 4.69) is 19.6 Å². The molecular formula is H2K2MoS4. The molecule has 0 radical (unpaired) electrons. The zero-order valence-electron chi connectivity index (χ0n) is 4.12. The first-order chi connectivity index (χ1) is 1.41. The Morgan fingerprint density at radius 2 is 0.857 bits per heavy atom. The maximum atomic E-state index is 4.34. The van der Waals surface area contributed by atoms with Crippen molar-refractivity contribution in [2.45, 2.75) is 0 Å². The predicted molar refractivity (Wildman–Crippen MR) is 32.7 cm³/mol. The van der Waals surface area contributed by atoms with E-state index in [-0.39, 0.29) is 145 Å². The quantitative estimate of drug-likeness (QED) is 0.249. The summed E-state index contributed by atoms with van der Waals surface area (Å²) in [6, 6.07) is 0. The van der Waals surface area contributed by atoms with Crippen molar-refractivity contribution in [3.8, 4) is 0 Å². The maximum absolute atomic E-state index is 4.34. The Hall–Kier alpha value is 5.10. The van der Waals surface area contributed by atoms with Gasteiger partial charge in [0.05, 0.1) is 0 Å². The summed E-state index contributed by atoms with van der Waals surface area (Å²) in [7, 11) is 8.68. The molecule has 0 aromatic heterocycles. The summed E-state index contributed by atoms with van der Waals surface area (Å²) in [6.45, 7) is 0. The van der Waals surface area contributed by atoms with Crippen LogP contribution in [0, 0.1) is 0 Å². The molecule has 0 rings (SSSR count). The molecule has 0 spiro atoms. The molecule has 0 unspecified atom stereocenters. The molecule has 0 aromatic rings. The van der Waals surface area contributed by atoms with E-state index in [0.717, 1.165) is 0 Å². The number of hydrogen-bond donors (Lipinski definition) is 0. The molecule has 0 aliphatic carbocycles. The Morgan fingerprint density at radius 3 is 0.857 bits per heavy atom. The molecular weight excluding hydrogens is 302 g/mol. The molecule has 0 N–H and O–H groups in total. The van der Waals surface area contributed by atoms with Crippen LogP contribution in [0.2, 0.25) is 0 Å². The van der Waals surface area contributed by atoms with Gasteiger partial charge in [-0.2, -0.15) is 0 Å². The summed E-state index contributed by atoms with van der Waals surface area (Å²) in [6.07, 6.45) is 0. The average molecular weight is 304 g/mol. The van der Waals surface area contributed by atoms with Crippen molar-refractivity contribution >= 4 is 46.6 Å². The van der Waals surface area contributed by atoms with E-state index in [1.165, 1.54) is 0 Å². The molecule has 0 nitrogen and oxygen atoms in total. The van der Waals surface area contributed by atoms with Gasteiger partial charge in [-0.1, -0.05) is 0 Å². The van der Waals surface area contributed by atoms with Crippen molar-refractivity contribution in [3.05, 3.63) is 0 Å². The normalized spacial score (nSPS) is 1.71. The summed E-state index contributed by atoms with van der Waals surface area (Å²) >= 11 is -0.363. The zero-order chi connectivity index (χ0) is 2.71. The molecule has 7 heteroatoms. The molecule has 0 heterocycles. The molecule has 34 valence electrons. The van der Waals surface area contributed by atoms with E-state index < -0.39 is 0 Å². The molecule has 0 atom stereocenters. The minimum absolute atomic E-state index is 0. The van der Waals surface area contributed by atoms with Gasteiger partial charge in [0.25, 0.3) is 0 Å². The summed E-state index contributed by atoms with van der Waals surface area (Å²) in [5, 5.41) is 0. The summed E-state index contributed by atoms with van der Waals surface area (Å²) in [5.41, 5.74) is 0. The van der Waals surface area contributed by atoms with Crippen molar-refractivity contribution in [1.29, 1.82) is 0 Å². The first-order valence-corrected chi connectivity index (χ1v) is 5.92. The Labute approximate surface area is 159 Å². The van der Waals surface area contributed by atoms with E-state index in [1.807, 2.05) is 0 Å². The number of hydrogen-bond acceptors (Lipinski definition) is 4. The van der Waals surface area contributed by atoms with E-state index in [1.54, 1.807) is 0 Å². The van der Waals surface area contributed by atoms with Crippen LogP contribution in [0.3, 0.4) is 0 Å². The van der Waals surface area contributed by atoms with Crippen LogP contribution >= 0.6 is 19.6 Å². The van der Waals surface area contributed by atoms with Crippen LogP contribution in [0.25, 0.3) is 0 Å². The SMILES string of the molecule is [K+].[K+].[SH-].[SH-].[S]=[Mo]=[S]. The Kier molecular flexibility index (Phi) is 129. The van der Waals surface area contributed by atoms with Crippen LogP contribution in [0.1, 0.15) is 0 Å². The summed E-state index contributed by atoms with van der Waals surface area (Å²) in [5.74, 6) is 0. The number of rotatable bonds is 0. The van der Waals surface area contributed by atoms with Gasteiger partial charge in [-0.3, -0.25) is 0 Å². The van der Waals surface area contributed by atoms with Gasteiger partial charge in [-0.15, -0.1) is 0 Å². The summed E-state index contributed by atoms with van der Waals surface area (Å²) < 4.78 is 0. The van der Waals surface area contributed by atoms with Gasteiger partial charge >= 0.3 is 137 Å². The van der Waals surface area contributed by atoms with Crippen LogP contribution in [0.15, 0.2) is 0 Å². The zero-order valence-corrected chi connectivity index (χ0v) is 15.8. The van der Waals surface area contributed by atoms with Crippen LogP contribution in [-0.2, 0) is 41.9 Å². The Morgan fingerprint density at radius 1 is 0.857 bits per heavy atom. The monoisotopic (exact) mass is 306 g/mol. The first kappa shape index (κ1) is 29.6.